The quantitative estimate of drug-likeness (QED) is 0.399. The molecule has 0 fully saturated rings. The zero-order valence-electron chi connectivity index (χ0n) is 17.9. The van der Waals surface area contributed by atoms with E-state index in [9.17, 15) is 14.4 Å². The maximum atomic E-state index is 12.4. The number of aryl methyl sites for hydroxylation is 2. The number of carbonyl (C=O) groups excluding carboxylic acids is 2. The summed E-state index contributed by atoms with van der Waals surface area (Å²) < 4.78 is 6.85. The van der Waals surface area contributed by atoms with Gasteiger partial charge in [-0.05, 0) is 36.2 Å². The van der Waals surface area contributed by atoms with Gasteiger partial charge >= 0.3 is 5.97 Å². The summed E-state index contributed by atoms with van der Waals surface area (Å²) in [5.41, 5.74) is 2.34. The number of hydrogen-bond acceptors (Lipinski definition) is 8. The molecule has 0 spiro atoms. The zero-order chi connectivity index (χ0) is 23.2. The molecule has 0 radical (unpaired) electrons. The van der Waals surface area contributed by atoms with E-state index in [4.69, 9.17) is 4.74 Å². The summed E-state index contributed by atoms with van der Waals surface area (Å²) in [5.74, 6) is -0.817. The molecule has 1 amide bonds. The Hall–Kier alpha value is -3.92. The first-order chi connectivity index (χ1) is 16.0. The molecule has 0 aliphatic rings. The molecule has 4 aromatic rings. The van der Waals surface area contributed by atoms with Gasteiger partial charge in [0.2, 0.25) is 10.4 Å². The fourth-order valence-electron chi connectivity index (χ4n) is 3.16. The Morgan fingerprint density at radius 2 is 1.88 bits per heavy atom. The van der Waals surface area contributed by atoms with Crippen LogP contribution in [0.5, 0.6) is 0 Å². The van der Waals surface area contributed by atoms with E-state index < -0.39 is 5.97 Å². The number of benzene rings is 2. The monoisotopic (exact) mass is 463 g/mol. The molecule has 0 unspecified atom stereocenters. The molecule has 0 saturated heterocycles. The maximum Gasteiger partial charge on any atom is 0.308 e. The maximum absolute atomic E-state index is 12.4. The Kier molecular flexibility index (Phi) is 6.84. The highest BCUT2D eigenvalue weighted by molar-refractivity contribution is 7.13. The number of anilines is 1. The van der Waals surface area contributed by atoms with E-state index in [2.05, 4.69) is 27.5 Å². The number of para-hydroxylation sites is 1. The Bertz CT molecular complexity index is 1350. The van der Waals surface area contributed by atoms with Crippen molar-refractivity contribution < 1.29 is 14.3 Å². The van der Waals surface area contributed by atoms with Crippen molar-refractivity contribution in [3.63, 3.8) is 0 Å². The molecule has 0 aliphatic carbocycles. The first-order valence-corrected chi connectivity index (χ1v) is 11.2. The molecule has 2 heterocycles. The average Bonchev–Trinajstić information content (AvgIpc) is 3.32. The van der Waals surface area contributed by atoms with Crippen molar-refractivity contribution in [1.82, 2.24) is 20.0 Å². The third kappa shape index (κ3) is 5.47. The van der Waals surface area contributed by atoms with Gasteiger partial charge in [-0.2, -0.15) is 5.10 Å². The molecular weight excluding hydrogens is 442 g/mol. The van der Waals surface area contributed by atoms with Crippen LogP contribution in [0.1, 0.15) is 33.7 Å². The second kappa shape index (κ2) is 10.1. The number of ether oxygens (including phenoxy) is 1. The minimum absolute atomic E-state index is 0.0692. The van der Waals surface area contributed by atoms with Gasteiger partial charge in [-0.3, -0.25) is 19.1 Å². The molecule has 1 N–H and O–H groups in total. The normalized spacial score (nSPS) is 10.8. The van der Waals surface area contributed by atoms with Crippen LogP contribution >= 0.6 is 11.3 Å². The summed E-state index contributed by atoms with van der Waals surface area (Å²) in [6, 6.07) is 14.7. The minimum atomic E-state index is -0.447. The molecule has 2 aromatic heterocycles. The van der Waals surface area contributed by atoms with Gasteiger partial charge in [-0.15, -0.1) is 10.2 Å². The predicted molar refractivity (Wildman–Crippen MR) is 124 cm³/mol. The van der Waals surface area contributed by atoms with Crippen LogP contribution in [0, 0.1) is 0 Å². The van der Waals surface area contributed by atoms with E-state index in [1.807, 2.05) is 30.3 Å². The number of fused-ring (bicyclic) bond motifs is 1. The van der Waals surface area contributed by atoms with Crippen LogP contribution in [-0.2, 0) is 29.1 Å². The van der Waals surface area contributed by atoms with E-state index in [1.54, 1.807) is 22.9 Å². The molecule has 33 heavy (non-hydrogen) atoms. The summed E-state index contributed by atoms with van der Waals surface area (Å²) in [6.45, 7) is 2.25. The largest absolute Gasteiger partial charge is 0.458 e. The first-order valence-electron chi connectivity index (χ1n) is 10.4. The van der Waals surface area contributed by atoms with Crippen LogP contribution in [0.3, 0.4) is 0 Å². The highest BCUT2D eigenvalue weighted by Crippen LogP contribution is 2.16. The summed E-state index contributed by atoms with van der Waals surface area (Å²) in [4.78, 5) is 36.4. The van der Waals surface area contributed by atoms with E-state index in [-0.39, 0.29) is 35.9 Å². The van der Waals surface area contributed by atoms with E-state index >= 15 is 0 Å². The highest BCUT2D eigenvalue weighted by atomic mass is 32.1. The molecule has 9 nitrogen and oxygen atoms in total. The Balaban J connectivity index is 1.29. The highest BCUT2D eigenvalue weighted by Gasteiger charge is 2.15. The van der Waals surface area contributed by atoms with Crippen molar-refractivity contribution in [3.05, 3.63) is 80.5 Å². The minimum Gasteiger partial charge on any atom is -0.458 e. The van der Waals surface area contributed by atoms with Crippen LogP contribution in [-0.4, -0.2) is 31.9 Å². The molecule has 0 saturated carbocycles. The van der Waals surface area contributed by atoms with Gasteiger partial charge in [0.15, 0.2) is 5.01 Å². The van der Waals surface area contributed by atoms with E-state index in [0.717, 1.165) is 17.8 Å². The summed E-state index contributed by atoms with van der Waals surface area (Å²) in [7, 11) is 0. The van der Waals surface area contributed by atoms with Gasteiger partial charge < -0.3 is 10.1 Å². The number of hydrogen-bond donors (Lipinski definition) is 1. The van der Waals surface area contributed by atoms with Crippen LogP contribution in [0.4, 0.5) is 5.69 Å². The van der Waals surface area contributed by atoms with Gasteiger partial charge in [0.25, 0.3) is 5.91 Å². The third-order valence-corrected chi connectivity index (χ3v) is 5.82. The predicted octanol–water partition coefficient (Wildman–Crippen LogP) is 3.20. The SMILES string of the molecule is CCc1ccc(NC(=O)c2nnc(COC(=O)CCn3ncc(=O)c4ccccc43)s2)cc1. The standard InChI is InChI=1S/C23H21N5O4S/c1-2-15-7-9-16(10-8-15)25-22(31)23-27-26-20(33-23)14-32-21(30)11-12-28-18-6-4-3-5-17(18)19(29)13-24-28/h3-10,13H,2,11-12,14H2,1H3,(H,25,31). The summed E-state index contributed by atoms with van der Waals surface area (Å²) >= 11 is 1.06. The van der Waals surface area contributed by atoms with Crippen molar-refractivity contribution in [2.24, 2.45) is 0 Å². The number of nitrogens with zero attached hydrogens (tertiary/aromatic N) is 4. The van der Waals surface area contributed by atoms with Crippen molar-refractivity contribution in [2.75, 3.05) is 5.32 Å². The molecule has 2 aromatic carbocycles. The number of carbonyl (C=O) groups is 2. The molecular formula is C23H21N5O4S. The Morgan fingerprint density at radius 1 is 1.09 bits per heavy atom. The van der Waals surface area contributed by atoms with E-state index in [0.29, 0.717) is 21.6 Å². The van der Waals surface area contributed by atoms with Crippen molar-refractivity contribution >= 4 is 39.8 Å². The number of aromatic nitrogens is 4. The second-order valence-electron chi connectivity index (χ2n) is 7.17. The van der Waals surface area contributed by atoms with Crippen molar-refractivity contribution in [3.8, 4) is 0 Å². The van der Waals surface area contributed by atoms with Gasteiger partial charge in [0.05, 0.1) is 24.7 Å². The second-order valence-corrected chi connectivity index (χ2v) is 8.23. The van der Waals surface area contributed by atoms with Gasteiger partial charge in [-0.25, -0.2) is 0 Å². The molecule has 4 rings (SSSR count). The van der Waals surface area contributed by atoms with Crippen LogP contribution < -0.4 is 10.7 Å². The van der Waals surface area contributed by atoms with Crippen LogP contribution in [0.2, 0.25) is 0 Å². The lowest BCUT2D eigenvalue weighted by molar-refractivity contribution is -0.145. The molecule has 0 bridgehead atoms. The van der Waals surface area contributed by atoms with Crippen molar-refractivity contribution in [1.29, 1.82) is 0 Å². The number of rotatable bonds is 8. The Morgan fingerprint density at radius 3 is 2.67 bits per heavy atom. The molecule has 10 heteroatoms. The topological polar surface area (TPSA) is 116 Å². The number of amides is 1. The summed E-state index contributed by atoms with van der Waals surface area (Å²) in [6.07, 6.45) is 2.23. The lowest BCUT2D eigenvalue weighted by Gasteiger charge is -2.08. The smallest absolute Gasteiger partial charge is 0.308 e. The van der Waals surface area contributed by atoms with Gasteiger partial charge in [0, 0.05) is 11.1 Å². The fraction of sp³-hybridized carbons (Fsp3) is 0.217. The molecule has 0 atom stereocenters. The summed E-state index contributed by atoms with van der Waals surface area (Å²) in [5, 5.41) is 15.8. The van der Waals surface area contributed by atoms with E-state index in [1.165, 1.54) is 11.8 Å². The number of esters is 1. The van der Waals surface area contributed by atoms with Crippen LogP contribution in [0.25, 0.3) is 10.9 Å². The fourth-order valence-corrected chi connectivity index (χ4v) is 3.81. The lowest BCUT2D eigenvalue weighted by atomic mass is 10.1. The zero-order valence-corrected chi connectivity index (χ0v) is 18.7. The van der Waals surface area contributed by atoms with Crippen LogP contribution in [0.15, 0.2) is 59.5 Å². The van der Waals surface area contributed by atoms with Crippen molar-refractivity contribution in [2.45, 2.75) is 32.9 Å². The van der Waals surface area contributed by atoms with Gasteiger partial charge in [-0.1, -0.05) is 42.5 Å². The first kappa shape index (κ1) is 22.3. The molecule has 168 valence electrons. The van der Waals surface area contributed by atoms with Gasteiger partial charge in [0.1, 0.15) is 6.61 Å². The average molecular weight is 464 g/mol. The Labute approximate surface area is 193 Å². The number of nitrogens with one attached hydrogen (secondary N) is 1. The lowest BCUT2D eigenvalue weighted by Crippen LogP contribution is -2.15. The third-order valence-electron chi connectivity index (χ3n) is 4.93. The molecule has 0 aliphatic heterocycles.